The van der Waals surface area contributed by atoms with Crippen LogP contribution in [-0.4, -0.2) is 27.6 Å². The average Bonchev–Trinajstić information content (AvgIpc) is 3.80. The number of aromatic nitrogens is 4. The first-order chi connectivity index (χ1) is 27.9. The van der Waals surface area contributed by atoms with Gasteiger partial charge in [0.2, 0.25) is 0 Å². The van der Waals surface area contributed by atoms with E-state index in [1.54, 1.807) is 0 Å². The van der Waals surface area contributed by atoms with Crippen molar-refractivity contribution in [1.82, 2.24) is 19.5 Å². The van der Waals surface area contributed by atoms with Gasteiger partial charge in [-0.25, -0.2) is 0 Å². The van der Waals surface area contributed by atoms with Crippen molar-refractivity contribution in [3.63, 3.8) is 0 Å². The molecule has 0 fully saturated rings. The number of para-hydroxylation sites is 1. The maximum absolute atomic E-state index is 6.49. The van der Waals surface area contributed by atoms with Crippen molar-refractivity contribution < 1.29 is 24.5 Å². The number of hydrogen-bond donors (Lipinski definition) is 0. The number of benzene rings is 5. The largest absolute Gasteiger partial charge is 0.501 e. The van der Waals surface area contributed by atoms with Crippen molar-refractivity contribution in [3.8, 4) is 39.5 Å². The fourth-order valence-corrected chi connectivity index (χ4v) is 9.79. The standard InChI is InChI=1S/C37H32N3O.C15H18NSi.Ir/c1-22(2)30-20-26(25-12-7-6-8-13-25)21-31(23(3)4)35(30)40-34-24(5)38-19-18-32(34)39-37(40)29-16-11-15-28-27-14-9-10-17-33(27)41-36(28)29;1-12-10-14(13-8-6-5-7-9-13)16-11-15(12)17(2,3)4;/h6-15,17-23H,1-5H3;5-8,10-11H,1-4H3;/q2*-1;. The van der Waals surface area contributed by atoms with Crippen molar-refractivity contribution in [3.05, 3.63) is 162 Å². The van der Waals surface area contributed by atoms with Crippen molar-refractivity contribution >= 4 is 46.2 Å². The molecule has 9 rings (SSSR count). The van der Waals surface area contributed by atoms with Crippen LogP contribution >= 0.6 is 0 Å². The molecule has 0 saturated carbocycles. The first-order valence-electron chi connectivity index (χ1n) is 20.2. The van der Waals surface area contributed by atoms with Crippen LogP contribution in [-0.2, 0) is 20.1 Å². The third kappa shape index (κ3) is 8.12. The zero-order valence-electron chi connectivity index (χ0n) is 35.3. The summed E-state index contributed by atoms with van der Waals surface area (Å²) in [6, 6.07) is 46.5. The molecule has 0 amide bonds. The number of pyridine rings is 2. The van der Waals surface area contributed by atoms with Crippen molar-refractivity contribution in [2.24, 2.45) is 0 Å². The van der Waals surface area contributed by atoms with Crippen LogP contribution in [0.25, 0.3) is 72.4 Å². The van der Waals surface area contributed by atoms with Crippen LogP contribution in [0.15, 0.2) is 132 Å². The maximum atomic E-state index is 6.49. The molecule has 0 N–H and O–H groups in total. The summed E-state index contributed by atoms with van der Waals surface area (Å²) in [6.45, 7) is 20.4. The van der Waals surface area contributed by atoms with Gasteiger partial charge in [0, 0.05) is 43.6 Å². The Bertz CT molecular complexity index is 2880. The number of nitrogens with zero attached hydrogens (tertiary/aromatic N) is 4. The van der Waals surface area contributed by atoms with E-state index in [2.05, 4.69) is 162 Å². The minimum absolute atomic E-state index is 0. The molecule has 0 spiro atoms. The predicted molar refractivity (Wildman–Crippen MR) is 245 cm³/mol. The molecule has 0 bridgehead atoms. The Labute approximate surface area is 363 Å². The van der Waals surface area contributed by atoms with Gasteiger partial charge in [-0.1, -0.05) is 118 Å². The number of imidazole rings is 1. The van der Waals surface area contributed by atoms with E-state index in [-0.39, 0.29) is 31.9 Å². The van der Waals surface area contributed by atoms with Crippen molar-refractivity contribution in [1.29, 1.82) is 0 Å². The van der Waals surface area contributed by atoms with Gasteiger partial charge >= 0.3 is 0 Å². The zero-order chi connectivity index (χ0) is 40.7. The first-order valence-corrected chi connectivity index (χ1v) is 23.7. The van der Waals surface area contributed by atoms with E-state index in [0.29, 0.717) is 0 Å². The zero-order valence-corrected chi connectivity index (χ0v) is 38.7. The van der Waals surface area contributed by atoms with E-state index in [0.717, 1.165) is 61.3 Å². The van der Waals surface area contributed by atoms with Crippen molar-refractivity contribution in [2.45, 2.75) is 73.0 Å². The monoisotopic (exact) mass is 967 g/mol. The summed E-state index contributed by atoms with van der Waals surface area (Å²) in [5.74, 6) is 1.37. The van der Waals surface area contributed by atoms with Crippen LogP contribution < -0.4 is 5.19 Å². The van der Waals surface area contributed by atoms with Crippen LogP contribution in [0.2, 0.25) is 19.6 Å². The number of aryl methyl sites for hydroxylation is 2. The molecular formula is C52H50IrN4OSi-2. The average molecular weight is 967 g/mol. The van der Waals surface area contributed by atoms with E-state index in [1.165, 1.54) is 38.7 Å². The first kappa shape index (κ1) is 41.7. The number of rotatable bonds is 7. The van der Waals surface area contributed by atoms with Crippen molar-refractivity contribution in [2.75, 3.05) is 0 Å². The smallest absolute Gasteiger partial charge is 0.120 e. The second-order valence-corrected chi connectivity index (χ2v) is 21.9. The molecule has 1 radical (unpaired) electrons. The van der Waals surface area contributed by atoms with Gasteiger partial charge in [0.15, 0.2) is 0 Å². The van der Waals surface area contributed by atoms with E-state index in [4.69, 9.17) is 14.4 Å². The van der Waals surface area contributed by atoms with E-state index in [1.807, 2.05) is 48.7 Å². The Hall–Kier alpha value is -5.46. The summed E-state index contributed by atoms with van der Waals surface area (Å²) in [6.07, 6.45) is 3.90. The molecule has 0 aliphatic heterocycles. The molecule has 5 nitrogen and oxygen atoms in total. The quantitative estimate of drug-likeness (QED) is 0.118. The molecular weight excluding hydrogens is 917 g/mol. The third-order valence-corrected chi connectivity index (χ3v) is 13.1. The Morgan fingerprint density at radius 3 is 2.05 bits per heavy atom. The SMILES string of the molecule is Cc1cc(-c2[c-]cccc2)ncc1[Si](C)(C)C.Cc1nccc2nc(-c3[c-]ccc4c3oc3ccccc34)n(-c3c(C(C)C)cc(-c4ccccc4)cc3C(C)C)c12.[Ir]. The van der Waals surface area contributed by atoms with Crippen LogP contribution in [0, 0.1) is 26.0 Å². The minimum atomic E-state index is -1.27. The maximum Gasteiger partial charge on any atom is 0.120 e. The van der Waals surface area contributed by atoms with Gasteiger partial charge in [-0.2, -0.15) is 0 Å². The predicted octanol–water partition coefficient (Wildman–Crippen LogP) is 13.4. The minimum Gasteiger partial charge on any atom is -0.501 e. The van der Waals surface area contributed by atoms with Crippen LogP contribution in [0.4, 0.5) is 0 Å². The summed E-state index contributed by atoms with van der Waals surface area (Å²) in [4.78, 5) is 14.6. The van der Waals surface area contributed by atoms with Crippen LogP contribution in [0.5, 0.6) is 0 Å². The summed E-state index contributed by atoms with van der Waals surface area (Å²) in [7, 11) is -1.27. The fourth-order valence-electron chi connectivity index (χ4n) is 8.08. The van der Waals surface area contributed by atoms with E-state index >= 15 is 0 Å². The molecule has 59 heavy (non-hydrogen) atoms. The third-order valence-electron chi connectivity index (χ3n) is 11.0. The van der Waals surface area contributed by atoms with Gasteiger partial charge in [0.1, 0.15) is 5.58 Å². The second-order valence-electron chi connectivity index (χ2n) is 16.8. The summed E-state index contributed by atoms with van der Waals surface area (Å²) < 4.78 is 8.82. The van der Waals surface area contributed by atoms with E-state index < -0.39 is 8.07 Å². The van der Waals surface area contributed by atoms with Gasteiger partial charge in [-0.3, -0.25) is 9.97 Å². The Balaban J connectivity index is 0.000000247. The summed E-state index contributed by atoms with van der Waals surface area (Å²) in [5.41, 5.74) is 15.0. The van der Waals surface area contributed by atoms with Gasteiger partial charge in [-0.05, 0) is 83.1 Å². The molecule has 9 aromatic rings. The van der Waals surface area contributed by atoms with Gasteiger partial charge in [0.25, 0.3) is 0 Å². The Morgan fingerprint density at radius 2 is 1.39 bits per heavy atom. The molecule has 0 atom stereocenters. The molecule has 0 saturated heterocycles. The molecule has 0 aliphatic carbocycles. The Morgan fingerprint density at radius 1 is 0.695 bits per heavy atom. The van der Waals surface area contributed by atoms with Gasteiger partial charge in [0.05, 0.1) is 36.2 Å². The number of fused-ring (bicyclic) bond motifs is 4. The molecule has 299 valence electrons. The molecule has 5 aromatic carbocycles. The molecule has 7 heteroatoms. The fraction of sp³-hybridized carbons (Fsp3) is 0.212. The topological polar surface area (TPSA) is 56.7 Å². The van der Waals surface area contributed by atoms with Gasteiger partial charge in [-0.15, -0.1) is 54.1 Å². The van der Waals surface area contributed by atoms with E-state index in [9.17, 15) is 0 Å². The van der Waals surface area contributed by atoms with Gasteiger partial charge < -0.3 is 14.0 Å². The molecule has 4 heterocycles. The van der Waals surface area contributed by atoms with Crippen LogP contribution in [0.1, 0.15) is 61.9 Å². The second kappa shape index (κ2) is 17.0. The summed E-state index contributed by atoms with van der Waals surface area (Å²) >= 11 is 0. The number of furan rings is 1. The summed E-state index contributed by atoms with van der Waals surface area (Å²) in [5, 5.41) is 3.60. The number of hydrogen-bond acceptors (Lipinski definition) is 4. The molecule has 0 unspecified atom stereocenters. The van der Waals surface area contributed by atoms with Crippen LogP contribution in [0.3, 0.4) is 0 Å². The molecule has 0 aliphatic rings. The molecule has 4 aromatic heterocycles. The Kier molecular flexibility index (Phi) is 12.0. The normalized spacial score (nSPS) is 11.6.